The zero-order valence-electron chi connectivity index (χ0n) is 10.8. The minimum absolute atomic E-state index is 0.193. The molecule has 1 amide bonds. The van der Waals surface area contributed by atoms with Crippen LogP contribution in [0.25, 0.3) is 0 Å². The van der Waals surface area contributed by atoms with Crippen LogP contribution in [0.2, 0.25) is 0 Å². The van der Waals surface area contributed by atoms with E-state index in [2.05, 4.69) is 0 Å². The third-order valence-corrected chi connectivity index (χ3v) is 2.81. The first-order chi connectivity index (χ1) is 8.14. The number of halogens is 3. The molecule has 0 atom stereocenters. The molecule has 1 rings (SSSR count). The Hall–Kier alpha value is -1.52. The highest BCUT2D eigenvalue weighted by atomic mass is 19.4. The minimum Gasteiger partial charge on any atom is -0.307 e. The summed E-state index contributed by atoms with van der Waals surface area (Å²) in [6, 6.07) is 5.21. The Bertz CT molecular complexity index is 452. The smallest absolute Gasteiger partial charge is 0.307 e. The molecule has 0 aromatic heterocycles. The number of hydrogen-bond donors (Lipinski definition) is 0. The fourth-order valence-electron chi connectivity index (χ4n) is 1.65. The monoisotopic (exact) mass is 259 g/mol. The first kappa shape index (κ1) is 14.5. The number of nitrogens with zero attached hydrogens (tertiary/aromatic N) is 1. The summed E-state index contributed by atoms with van der Waals surface area (Å²) in [4.78, 5) is 11.9. The SMILES string of the molecule is Cc1ccc(C(C)C)cc1N(C)C(=O)C(F)(F)F. The molecule has 0 radical (unpaired) electrons. The molecule has 5 heteroatoms. The van der Waals surface area contributed by atoms with Crippen LogP contribution in [-0.4, -0.2) is 19.1 Å². The molecule has 0 fully saturated rings. The molecule has 18 heavy (non-hydrogen) atoms. The van der Waals surface area contributed by atoms with Gasteiger partial charge in [-0.05, 0) is 30.0 Å². The maximum absolute atomic E-state index is 12.4. The first-order valence-electron chi connectivity index (χ1n) is 5.60. The molecule has 100 valence electrons. The zero-order valence-corrected chi connectivity index (χ0v) is 10.8. The largest absolute Gasteiger partial charge is 0.471 e. The van der Waals surface area contributed by atoms with Crippen LogP contribution >= 0.6 is 0 Å². The van der Waals surface area contributed by atoms with Crippen molar-refractivity contribution in [2.75, 3.05) is 11.9 Å². The van der Waals surface area contributed by atoms with Gasteiger partial charge in [0, 0.05) is 12.7 Å². The number of benzene rings is 1. The number of carbonyl (C=O) groups excluding carboxylic acids is 1. The standard InChI is InChI=1S/C13H16F3NO/c1-8(2)10-6-5-9(3)11(7-10)17(4)12(18)13(14,15)16/h5-8H,1-4H3. The van der Waals surface area contributed by atoms with Gasteiger partial charge < -0.3 is 4.90 Å². The second kappa shape index (κ2) is 5.00. The van der Waals surface area contributed by atoms with Crippen molar-refractivity contribution < 1.29 is 18.0 Å². The van der Waals surface area contributed by atoms with E-state index >= 15 is 0 Å². The number of amides is 1. The van der Waals surface area contributed by atoms with Gasteiger partial charge in [-0.2, -0.15) is 13.2 Å². The molecule has 0 N–H and O–H groups in total. The summed E-state index contributed by atoms with van der Waals surface area (Å²) >= 11 is 0. The van der Waals surface area contributed by atoms with E-state index in [4.69, 9.17) is 0 Å². The molecule has 2 nitrogen and oxygen atoms in total. The van der Waals surface area contributed by atoms with Gasteiger partial charge in [-0.1, -0.05) is 26.0 Å². The van der Waals surface area contributed by atoms with Gasteiger partial charge in [0.25, 0.3) is 0 Å². The molecule has 0 unspecified atom stereocenters. The average Bonchev–Trinajstić information content (AvgIpc) is 2.26. The summed E-state index contributed by atoms with van der Waals surface area (Å²) in [6.07, 6.45) is -4.85. The van der Waals surface area contributed by atoms with Crippen LogP contribution in [0.4, 0.5) is 18.9 Å². The summed E-state index contributed by atoms with van der Waals surface area (Å²) in [5.41, 5.74) is 1.83. The van der Waals surface area contributed by atoms with Gasteiger partial charge in [0.05, 0.1) is 0 Å². The Morgan fingerprint density at radius 3 is 2.28 bits per heavy atom. The van der Waals surface area contributed by atoms with E-state index in [1.807, 2.05) is 19.9 Å². The molecular formula is C13H16F3NO. The van der Waals surface area contributed by atoms with Gasteiger partial charge in [-0.15, -0.1) is 0 Å². The summed E-state index contributed by atoms with van der Waals surface area (Å²) in [6.45, 7) is 5.57. The Labute approximate surface area is 104 Å². The van der Waals surface area contributed by atoms with Gasteiger partial charge in [0.1, 0.15) is 0 Å². The van der Waals surface area contributed by atoms with Gasteiger partial charge in [-0.3, -0.25) is 4.79 Å². The minimum atomic E-state index is -4.85. The molecular weight excluding hydrogens is 243 g/mol. The van der Waals surface area contributed by atoms with Gasteiger partial charge in [0.15, 0.2) is 0 Å². The Morgan fingerprint density at radius 2 is 1.83 bits per heavy atom. The van der Waals surface area contributed by atoms with Crippen LogP contribution in [0.1, 0.15) is 30.9 Å². The molecule has 0 saturated carbocycles. The van der Waals surface area contributed by atoms with Crippen molar-refractivity contribution in [3.8, 4) is 0 Å². The quantitative estimate of drug-likeness (QED) is 0.794. The van der Waals surface area contributed by atoms with Crippen LogP contribution < -0.4 is 4.90 Å². The highest BCUT2D eigenvalue weighted by Crippen LogP contribution is 2.28. The van der Waals surface area contributed by atoms with Crippen molar-refractivity contribution in [3.63, 3.8) is 0 Å². The van der Waals surface area contributed by atoms with E-state index in [1.54, 1.807) is 19.1 Å². The summed E-state index contributed by atoms with van der Waals surface area (Å²) in [5.74, 6) is -1.66. The van der Waals surface area contributed by atoms with Gasteiger partial charge in [-0.25, -0.2) is 0 Å². The molecule has 1 aromatic rings. The van der Waals surface area contributed by atoms with E-state index in [9.17, 15) is 18.0 Å². The molecule has 0 aliphatic carbocycles. The van der Waals surface area contributed by atoms with E-state index < -0.39 is 12.1 Å². The Kier molecular flexibility index (Phi) is 4.04. The molecule has 1 aromatic carbocycles. The first-order valence-corrected chi connectivity index (χ1v) is 5.60. The van der Waals surface area contributed by atoms with Crippen molar-refractivity contribution in [1.82, 2.24) is 0 Å². The van der Waals surface area contributed by atoms with Crippen LogP contribution in [0.15, 0.2) is 18.2 Å². The fraction of sp³-hybridized carbons (Fsp3) is 0.462. The number of alkyl halides is 3. The lowest BCUT2D eigenvalue weighted by Gasteiger charge is -2.22. The molecule has 0 bridgehead atoms. The topological polar surface area (TPSA) is 20.3 Å². The van der Waals surface area contributed by atoms with E-state index in [1.165, 1.54) is 0 Å². The Morgan fingerprint density at radius 1 is 1.28 bits per heavy atom. The summed E-state index contributed by atoms with van der Waals surface area (Å²) in [7, 11) is 1.14. The lowest BCUT2D eigenvalue weighted by Crippen LogP contribution is -2.38. The Balaban J connectivity index is 3.16. The third kappa shape index (κ3) is 3.03. The maximum atomic E-state index is 12.4. The van der Waals surface area contributed by atoms with E-state index in [0.29, 0.717) is 16.2 Å². The molecule has 0 saturated heterocycles. The molecule has 0 heterocycles. The van der Waals surface area contributed by atoms with Gasteiger partial charge in [0.2, 0.25) is 0 Å². The number of carbonyl (C=O) groups is 1. The maximum Gasteiger partial charge on any atom is 0.471 e. The third-order valence-electron chi connectivity index (χ3n) is 2.81. The van der Waals surface area contributed by atoms with Crippen molar-refractivity contribution in [2.45, 2.75) is 32.9 Å². The van der Waals surface area contributed by atoms with Gasteiger partial charge >= 0.3 is 12.1 Å². The number of hydrogen-bond acceptors (Lipinski definition) is 1. The van der Waals surface area contributed by atoms with Crippen molar-refractivity contribution in [2.24, 2.45) is 0 Å². The van der Waals surface area contributed by atoms with E-state index in [-0.39, 0.29) is 5.92 Å². The van der Waals surface area contributed by atoms with Crippen LogP contribution in [-0.2, 0) is 4.79 Å². The lowest BCUT2D eigenvalue weighted by atomic mass is 10.0. The average molecular weight is 259 g/mol. The predicted molar refractivity (Wildman–Crippen MR) is 64.7 cm³/mol. The number of rotatable bonds is 2. The van der Waals surface area contributed by atoms with Crippen LogP contribution in [0, 0.1) is 6.92 Å². The summed E-state index contributed by atoms with van der Waals surface area (Å²) < 4.78 is 37.2. The normalized spacial score (nSPS) is 11.8. The summed E-state index contributed by atoms with van der Waals surface area (Å²) in [5, 5.41) is 0. The number of anilines is 1. The second-order valence-corrected chi connectivity index (χ2v) is 4.56. The number of aryl methyl sites for hydroxylation is 1. The molecule has 0 aliphatic rings. The van der Waals surface area contributed by atoms with Crippen molar-refractivity contribution >= 4 is 11.6 Å². The van der Waals surface area contributed by atoms with Crippen LogP contribution in [0.5, 0.6) is 0 Å². The lowest BCUT2D eigenvalue weighted by molar-refractivity contribution is -0.170. The highest BCUT2D eigenvalue weighted by Gasteiger charge is 2.42. The fourth-order valence-corrected chi connectivity index (χ4v) is 1.65. The van der Waals surface area contributed by atoms with Crippen molar-refractivity contribution in [3.05, 3.63) is 29.3 Å². The van der Waals surface area contributed by atoms with Crippen molar-refractivity contribution in [1.29, 1.82) is 0 Å². The van der Waals surface area contributed by atoms with E-state index in [0.717, 1.165) is 12.6 Å². The zero-order chi connectivity index (χ0) is 14.1. The molecule has 0 spiro atoms. The second-order valence-electron chi connectivity index (χ2n) is 4.56. The van der Waals surface area contributed by atoms with Crippen LogP contribution in [0.3, 0.4) is 0 Å². The molecule has 0 aliphatic heterocycles. The predicted octanol–water partition coefficient (Wildman–Crippen LogP) is 3.64. The highest BCUT2D eigenvalue weighted by molar-refractivity contribution is 5.97.